The molecule has 3 N–H and O–H groups in total. The maximum atomic E-state index is 10.9. The Morgan fingerprint density at radius 1 is 1.40 bits per heavy atom. The summed E-state index contributed by atoms with van der Waals surface area (Å²) in [6.07, 6.45) is -1.15. The number of aromatic hydroxyl groups is 1. The lowest BCUT2D eigenvalue weighted by atomic mass is 9.83. The molecule has 0 aliphatic rings. The Morgan fingerprint density at radius 3 is 2.47 bits per heavy atom. The van der Waals surface area contributed by atoms with Crippen molar-refractivity contribution in [2.45, 2.75) is 20.0 Å². The zero-order valence-electron chi connectivity index (χ0n) is 8.64. The third kappa shape index (κ3) is 2.27. The van der Waals surface area contributed by atoms with Crippen molar-refractivity contribution in [2.75, 3.05) is 0 Å². The minimum Gasteiger partial charge on any atom is -0.508 e. The van der Waals surface area contributed by atoms with Gasteiger partial charge in [-0.05, 0) is 31.5 Å². The van der Waals surface area contributed by atoms with E-state index in [1.807, 2.05) is 0 Å². The smallest absolute Gasteiger partial charge is 0.312 e. The molecular weight excluding hydrogens is 196 g/mol. The highest BCUT2D eigenvalue weighted by Gasteiger charge is 2.36. The van der Waals surface area contributed by atoms with Gasteiger partial charge in [-0.3, -0.25) is 4.79 Å². The Balaban J connectivity index is 3.04. The van der Waals surface area contributed by atoms with Gasteiger partial charge in [0.2, 0.25) is 0 Å². The van der Waals surface area contributed by atoms with E-state index in [1.165, 1.54) is 26.0 Å². The van der Waals surface area contributed by atoms with Gasteiger partial charge < -0.3 is 15.3 Å². The van der Waals surface area contributed by atoms with Crippen LogP contribution in [0.2, 0.25) is 0 Å². The monoisotopic (exact) mass is 210 g/mol. The molecule has 0 fully saturated rings. The molecule has 0 aliphatic carbocycles. The number of rotatable bonds is 3. The second-order valence-corrected chi connectivity index (χ2v) is 4.02. The summed E-state index contributed by atoms with van der Waals surface area (Å²) >= 11 is 0. The van der Waals surface area contributed by atoms with Crippen molar-refractivity contribution >= 4 is 5.97 Å². The quantitative estimate of drug-likeness (QED) is 0.707. The van der Waals surface area contributed by atoms with Gasteiger partial charge in [0, 0.05) is 0 Å². The number of benzene rings is 1. The van der Waals surface area contributed by atoms with Crippen LogP contribution in [0.1, 0.15) is 25.5 Å². The van der Waals surface area contributed by atoms with Gasteiger partial charge in [0.05, 0.1) is 11.5 Å². The van der Waals surface area contributed by atoms with Crippen molar-refractivity contribution in [3.05, 3.63) is 29.8 Å². The fourth-order valence-corrected chi connectivity index (χ4v) is 1.23. The van der Waals surface area contributed by atoms with Crippen LogP contribution in [-0.2, 0) is 4.79 Å². The first-order valence-electron chi connectivity index (χ1n) is 4.56. The fraction of sp³-hybridized carbons (Fsp3) is 0.364. The summed E-state index contributed by atoms with van der Waals surface area (Å²) in [5, 5.41) is 28.0. The number of carboxylic acids is 1. The van der Waals surface area contributed by atoms with Gasteiger partial charge in [-0.15, -0.1) is 0 Å². The summed E-state index contributed by atoms with van der Waals surface area (Å²) in [5.74, 6) is -1.08. The molecule has 15 heavy (non-hydrogen) atoms. The van der Waals surface area contributed by atoms with Crippen molar-refractivity contribution in [3.8, 4) is 5.75 Å². The van der Waals surface area contributed by atoms with Gasteiger partial charge >= 0.3 is 5.97 Å². The van der Waals surface area contributed by atoms with E-state index < -0.39 is 17.5 Å². The summed E-state index contributed by atoms with van der Waals surface area (Å²) in [4.78, 5) is 10.9. The lowest BCUT2D eigenvalue weighted by Crippen LogP contribution is -2.31. The van der Waals surface area contributed by atoms with Crippen LogP contribution < -0.4 is 0 Å². The minimum atomic E-state index is -1.28. The molecule has 0 aliphatic heterocycles. The molecule has 4 heteroatoms. The number of carbonyl (C=O) groups is 1. The normalized spacial score (nSPS) is 13.5. The zero-order chi connectivity index (χ0) is 11.6. The number of aliphatic hydroxyl groups is 1. The highest BCUT2D eigenvalue weighted by atomic mass is 16.4. The molecule has 1 aromatic rings. The molecule has 0 heterocycles. The molecule has 0 saturated heterocycles. The van der Waals surface area contributed by atoms with Crippen LogP contribution in [0.15, 0.2) is 24.3 Å². The molecule has 82 valence electrons. The zero-order valence-corrected chi connectivity index (χ0v) is 8.64. The summed E-state index contributed by atoms with van der Waals surface area (Å²) in [5.41, 5.74) is -0.893. The van der Waals surface area contributed by atoms with Crippen LogP contribution in [0.25, 0.3) is 0 Å². The molecule has 0 spiro atoms. The maximum Gasteiger partial charge on any atom is 0.312 e. The molecule has 4 nitrogen and oxygen atoms in total. The highest BCUT2D eigenvalue weighted by Crippen LogP contribution is 2.34. The first kappa shape index (κ1) is 11.5. The summed E-state index contributed by atoms with van der Waals surface area (Å²) in [6.45, 7) is 2.87. The number of aliphatic hydroxyl groups excluding tert-OH is 1. The van der Waals surface area contributed by atoms with Crippen molar-refractivity contribution in [1.82, 2.24) is 0 Å². The lowest BCUT2D eigenvalue weighted by molar-refractivity contribution is -0.153. The first-order chi connectivity index (χ1) is 6.85. The van der Waals surface area contributed by atoms with E-state index in [9.17, 15) is 15.0 Å². The third-order valence-corrected chi connectivity index (χ3v) is 2.42. The second kappa shape index (κ2) is 3.90. The molecule has 0 aromatic heterocycles. The van der Waals surface area contributed by atoms with Gasteiger partial charge in [-0.1, -0.05) is 12.1 Å². The SMILES string of the molecule is CC(C)(C(=O)O)C(O)c1cccc(O)c1. The molecule has 1 rings (SSSR count). The van der Waals surface area contributed by atoms with Gasteiger partial charge in [-0.25, -0.2) is 0 Å². The number of phenols is 1. The Bertz CT molecular complexity index is 371. The Labute approximate surface area is 87.8 Å². The van der Waals surface area contributed by atoms with Crippen LogP contribution in [-0.4, -0.2) is 21.3 Å². The van der Waals surface area contributed by atoms with Crippen LogP contribution in [0.5, 0.6) is 5.75 Å². The maximum absolute atomic E-state index is 10.9. The van der Waals surface area contributed by atoms with E-state index in [0.29, 0.717) is 5.56 Å². The molecule has 0 radical (unpaired) electrons. The Hall–Kier alpha value is -1.55. The first-order valence-corrected chi connectivity index (χ1v) is 4.56. The van der Waals surface area contributed by atoms with E-state index in [4.69, 9.17) is 5.11 Å². The average molecular weight is 210 g/mol. The number of carboxylic acid groups (broad SMARTS) is 1. The largest absolute Gasteiger partial charge is 0.508 e. The van der Waals surface area contributed by atoms with Crippen molar-refractivity contribution in [3.63, 3.8) is 0 Å². The van der Waals surface area contributed by atoms with E-state index in [1.54, 1.807) is 12.1 Å². The van der Waals surface area contributed by atoms with Crippen LogP contribution >= 0.6 is 0 Å². The minimum absolute atomic E-state index is 0.00717. The number of hydrogen-bond donors (Lipinski definition) is 3. The van der Waals surface area contributed by atoms with Gasteiger partial charge in [0.15, 0.2) is 0 Å². The van der Waals surface area contributed by atoms with E-state index in [0.717, 1.165) is 0 Å². The van der Waals surface area contributed by atoms with E-state index in [-0.39, 0.29) is 5.75 Å². The van der Waals surface area contributed by atoms with Crippen molar-refractivity contribution in [1.29, 1.82) is 0 Å². The average Bonchev–Trinajstić information content (AvgIpc) is 2.16. The van der Waals surface area contributed by atoms with Crippen molar-refractivity contribution < 1.29 is 20.1 Å². The lowest BCUT2D eigenvalue weighted by Gasteiger charge is -2.26. The molecule has 1 unspecified atom stereocenters. The molecular formula is C11H14O4. The molecule has 1 aromatic carbocycles. The molecule has 1 atom stereocenters. The fourth-order valence-electron chi connectivity index (χ4n) is 1.23. The predicted octanol–water partition coefficient (Wildman–Crippen LogP) is 1.54. The van der Waals surface area contributed by atoms with Crippen LogP contribution in [0, 0.1) is 5.41 Å². The van der Waals surface area contributed by atoms with E-state index >= 15 is 0 Å². The third-order valence-electron chi connectivity index (χ3n) is 2.42. The van der Waals surface area contributed by atoms with Gasteiger partial charge in [-0.2, -0.15) is 0 Å². The predicted molar refractivity (Wildman–Crippen MR) is 54.5 cm³/mol. The van der Waals surface area contributed by atoms with Gasteiger partial charge in [0.25, 0.3) is 0 Å². The second-order valence-electron chi connectivity index (χ2n) is 4.02. The van der Waals surface area contributed by atoms with E-state index in [2.05, 4.69) is 0 Å². The number of phenolic OH excluding ortho intramolecular Hbond substituents is 1. The van der Waals surface area contributed by atoms with Crippen LogP contribution in [0.4, 0.5) is 0 Å². The number of hydrogen-bond acceptors (Lipinski definition) is 3. The highest BCUT2D eigenvalue weighted by molar-refractivity contribution is 5.74. The molecule has 0 bridgehead atoms. The Morgan fingerprint density at radius 2 is 2.00 bits per heavy atom. The number of aliphatic carboxylic acids is 1. The topological polar surface area (TPSA) is 77.8 Å². The summed E-state index contributed by atoms with van der Waals surface area (Å²) in [6, 6.07) is 5.96. The standard InChI is InChI=1S/C11H14O4/c1-11(2,10(14)15)9(13)7-4-3-5-8(12)6-7/h3-6,9,12-13H,1-2H3,(H,14,15). The summed E-state index contributed by atoms with van der Waals surface area (Å²) in [7, 11) is 0. The van der Waals surface area contributed by atoms with Crippen LogP contribution in [0.3, 0.4) is 0 Å². The van der Waals surface area contributed by atoms with Gasteiger partial charge in [0.1, 0.15) is 5.75 Å². The molecule has 0 saturated carbocycles. The Kier molecular flexibility index (Phi) is 3.00. The summed E-state index contributed by atoms with van der Waals surface area (Å²) < 4.78 is 0. The van der Waals surface area contributed by atoms with Crippen molar-refractivity contribution in [2.24, 2.45) is 5.41 Å². The molecule has 0 amide bonds.